The van der Waals surface area contributed by atoms with Crippen molar-refractivity contribution < 1.29 is 9.53 Å². The van der Waals surface area contributed by atoms with Gasteiger partial charge in [0.25, 0.3) is 5.56 Å². The van der Waals surface area contributed by atoms with Crippen molar-refractivity contribution in [1.82, 2.24) is 19.9 Å². The van der Waals surface area contributed by atoms with Gasteiger partial charge in [0.15, 0.2) is 5.82 Å². The molecule has 0 saturated carbocycles. The SMILES string of the molecule is CCNC(=O)Nc1ccc(-c2nc3c(c(N4CCOC[C@@H]4C)n2)CCn2c-3cccc2=O)cc1. The Kier molecular flexibility index (Phi) is 6.02. The van der Waals surface area contributed by atoms with Crippen LogP contribution in [0.5, 0.6) is 0 Å². The van der Waals surface area contributed by atoms with Crippen molar-refractivity contribution in [3.05, 3.63) is 58.4 Å². The van der Waals surface area contributed by atoms with Gasteiger partial charge in [-0.05, 0) is 50.6 Å². The van der Waals surface area contributed by atoms with E-state index in [9.17, 15) is 9.59 Å². The van der Waals surface area contributed by atoms with Crippen LogP contribution in [-0.2, 0) is 17.7 Å². The summed E-state index contributed by atoms with van der Waals surface area (Å²) in [5.41, 5.74) is 4.18. The number of morpholine rings is 1. The normalized spacial score (nSPS) is 17.0. The molecule has 34 heavy (non-hydrogen) atoms. The molecule has 9 heteroatoms. The molecule has 176 valence electrons. The Bertz CT molecular complexity index is 1270. The fourth-order valence-electron chi connectivity index (χ4n) is 4.54. The van der Waals surface area contributed by atoms with E-state index in [1.165, 1.54) is 0 Å². The number of fused-ring (bicyclic) bond motifs is 3. The summed E-state index contributed by atoms with van der Waals surface area (Å²) in [6.07, 6.45) is 0.696. The third kappa shape index (κ3) is 4.14. The number of ether oxygens (including phenoxy) is 1. The summed E-state index contributed by atoms with van der Waals surface area (Å²) in [6.45, 7) is 7.21. The number of anilines is 2. The van der Waals surface area contributed by atoms with Gasteiger partial charge < -0.3 is 24.8 Å². The number of hydrogen-bond acceptors (Lipinski definition) is 6. The van der Waals surface area contributed by atoms with E-state index in [0.717, 1.165) is 34.9 Å². The number of aromatic nitrogens is 3. The molecule has 1 aromatic carbocycles. The van der Waals surface area contributed by atoms with Crippen LogP contribution in [0.2, 0.25) is 0 Å². The van der Waals surface area contributed by atoms with Gasteiger partial charge in [-0.25, -0.2) is 14.8 Å². The minimum absolute atomic E-state index is 0.0228. The Balaban J connectivity index is 1.60. The number of hydrogen-bond donors (Lipinski definition) is 2. The standard InChI is InChI=1S/C25H28N6O3/c1-3-26-25(33)27-18-9-7-17(8-10-18)23-28-22-19(11-12-31-20(22)5-4-6-21(31)32)24(29-23)30-13-14-34-15-16(30)2/h4-10,16H,3,11-15H2,1-2H3,(H2,26,27,33)/t16-/m0/s1. The molecule has 2 aromatic heterocycles. The number of rotatable bonds is 4. The van der Waals surface area contributed by atoms with Gasteiger partial charge in [-0.2, -0.15) is 0 Å². The van der Waals surface area contributed by atoms with Crippen molar-refractivity contribution in [2.75, 3.05) is 36.5 Å². The molecule has 1 fully saturated rings. The van der Waals surface area contributed by atoms with Crippen LogP contribution in [0.25, 0.3) is 22.8 Å². The summed E-state index contributed by atoms with van der Waals surface area (Å²) in [4.78, 5) is 36.6. The van der Waals surface area contributed by atoms with Crippen LogP contribution in [0.15, 0.2) is 47.3 Å². The predicted molar refractivity (Wildman–Crippen MR) is 131 cm³/mol. The number of pyridine rings is 1. The van der Waals surface area contributed by atoms with Crippen LogP contribution in [0.4, 0.5) is 16.3 Å². The molecule has 3 aromatic rings. The highest BCUT2D eigenvalue weighted by atomic mass is 16.5. The zero-order valence-electron chi connectivity index (χ0n) is 19.4. The zero-order chi connectivity index (χ0) is 23.7. The van der Waals surface area contributed by atoms with Gasteiger partial charge >= 0.3 is 6.03 Å². The number of nitrogens with zero attached hydrogens (tertiary/aromatic N) is 4. The number of carbonyl (C=O) groups is 1. The quantitative estimate of drug-likeness (QED) is 0.621. The molecule has 2 N–H and O–H groups in total. The topological polar surface area (TPSA) is 101 Å². The summed E-state index contributed by atoms with van der Waals surface area (Å²) in [7, 11) is 0. The van der Waals surface area contributed by atoms with Crippen molar-refractivity contribution in [2.24, 2.45) is 0 Å². The minimum atomic E-state index is -0.245. The second-order valence-corrected chi connectivity index (χ2v) is 8.53. The van der Waals surface area contributed by atoms with Gasteiger partial charge in [0.2, 0.25) is 0 Å². The Hall–Kier alpha value is -3.72. The average Bonchev–Trinajstić information content (AvgIpc) is 2.84. The van der Waals surface area contributed by atoms with Crippen molar-refractivity contribution in [3.8, 4) is 22.8 Å². The van der Waals surface area contributed by atoms with Crippen LogP contribution in [0.1, 0.15) is 19.4 Å². The molecule has 0 bridgehead atoms. The molecule has 0 unspecified atom stereocenters. The van der Waals surface area contributed by atoms with Crippen LogP contribution < -0.4 is 21.1 Å². The number of benzene rings is 1. The molecular weight excluding hydrogens is 432 g/mol. The monoisotopic (exact) mass is 460 g/mol. The molecule has 5 rings (SSSR count). The van der Waals surface area contributed by atoms with Crippen molar-refractivity contribution in [1.29, 1.82) is 0 Å². The maximum absolute atomic E-state index is 12.5. The van der Waals surface area contributed by atoms with Crippen molar-refractivity contribution in [2.45, 2.75) is 32.9 Å². The second kappa shape index (κ2) is 9.26. The lowest BCUT2D eigenvalue weighted by Crippen LogP contribution is -2.45. The first-order valence-electron chi connectivity index (χ1n) is 11.7. The van der Waals surface area contributed by atoms with E-state index in [0.29, 0.717) is 44.2 Å². The highest BCUT2D eigenvalue weighted by Crippen LogP contribution is 2.35. The third-order valence-corrected chi connectivity index (χ3v) is 6.24. The maximum atomic E-state index is 12.5. The Morgan fingerprint density at radius 3 is 2.74 bits per heavy atom. The predicted octanol–water partition coefficient (Wildman–Crippen LogP) is 2.89. The summed E-state index contributed by atoms with van der Waals surface area (Å²) >= 11 is 0. The first-order valence-corrected chi connectivity index (χ1v) is 11.7. The molecule has 1 saturated heterocycles. The van der Waals surface area contributed by atoms with E-state index in [4.69, 9.17) is 14.7 Å². The van der Waals surface area contributed by atoms with Gasteiger partial charge in [0.1, 0.15) is 5.82 Å². The van der Waals surface area contributed by atoms with E-state index < -0.39 is 0 Å². The molecular formula is C25H28N6O3. The molecule has 0 radical (unpaired) electrons. The molecule has 1 atom stereocenters. The lowest BCUT2D eigenvalue weighted by molar-refractivity contribution is 0.0984. The lowest BCUT2D eigenvalue weighted by atomic mass is 10.0. The van der Waals surface area contributed by atoms with Crippen molar-refractivity contribution in [3.63, 3.8) is 0 Å². The second-order valence-electron chi connectivity index (χ2n) is 8.53. The highest BCUT2D eigenvalue weighted by molar-refractivity contribution is 5.89. The highest BCUT2D eigenvalue weighted by Gasteiger charge is 2.29. The summed E-state index contributed by atoms with van der Waals surface area (Å²) < 4.78 is 7.44. The largest absolute Gasteiger partial charge is 0.377 e. The molecule has 0 aliphatic carbocycles. The zero-order valence-corrected chi connectivity index (χ0v) is 19.4. The lowest BCUT2D eigenvalue weighted by Gasteiger charge is -2.36. The van der Waals surface area contributed by atoms with Gasteiger partial charge in [0, 0.05) is 42.5 Å². The van der Waals surface area contributed by atoms with Crippen LogP contribution in [-0.4, -0.2) is 52.9 Å². The Morgan fingerprint density at radius 1 is 1.15 bits per heavy atom. The maximum Gasteiger partial charge on any atom is 0.319 e. The average molecular weight is 461 g/mol. The smallest absolute Gasteiger partial charge is 0.319 e. The van der Waals surface area contributed by atoms with E-state index in [-0.39, 0.29) is 17.6 Å². The Morgan fingerprint density at radius 2 is 1.97 bits per heavy atom. The molecule has 2 aliphatic heterocycles. The van der Waals surface area contributed by atoms with Crippen molar-refractivity contribution >= 4 is 17.5 Å². The van der Waals surface area contributed by atoms with E-state index >= 15 is 0 Å². The first-order chi connectivity index (χ1) is 16.5. The first kappa shape index (κ1) is 22.1. The fraction of sp³-hybridized carbons (Fsp3) is 0.360. The molecule has 2 aliphatic rings. The minimum Gasteiger partial charge on any atom is -0.377 e. The third-order valence-electron chi connectivity index (χ3n) is 6.24. The van der Waals surface area contributed by atoms with Crippen LogP contribution in [0, 0.1) is 0 Å². The molecule has 4 heterocycles. The van der Waals surface area contributed by atoms with Gasteiger partial charge in [-0.15, -0.1) is 0 Å². The number of nitrogens with one attached hydrogen (secondary N) is 2. The number of amides is 2. The van der Waals surface area contributed by atoms with Gasteiger partial charge in [0.05, 0.1) is 30.6 Å². The summed E-state index contributed by atoms with van der Waals surface area (Å²) in [6, 6.07) is 12.7. The fourth-order valence-corrected chi connectivity index (χ4v) is 4.54. The van der Waals surface area contributed by atoms with Crippen LogP contribution in [0.3, 0.4) is 0 Å². The number of urea groups is 1. The van der Waals surface area contributed by atoms with E-state index in [2.05, 4.69) is 22.5 Å². The summed E-state index contributed by atoms with van der Waals surface area (Å²) in [5, 5.41) is 5.53. The van der Waals surface area contributed by atoms with Crippen LogP contribution >= 0.6 is 0 Å². The number of carbonyl (C=O) groups excluding carboxylic acids is 1. The van der Waals surface area contributed by atoms with E-state index in [1.54, 1.807) is 16.7 Å². The molecule has 9 nitrogen and oxygen atoms in total. The Labute approximate surface area is 197 Å². The molecule has 2 amide bonds. The molecule has 0 spiro atoms. The van der Waals surface area contributed by atoms with Gasteiger partial charge in [-0.3, -0.25) is 4.79 Å². The summed E-state index contributed by atoms with van der Waals surface area (Å²) in [5.74, 6) is 1.49. The van der Waals surface area contributed by atoms with E-state index in [1.807, 2.05) is 37.3 Å². The van der Waals surface area contributed by atoms with Gasteiger partial charge in [-0.1, -0.05) is 6.07 Å².